The van der Waals surface area contributed by atoms with E-state index in [9.17, 15) is 4.79 Å². The van der Waals surface area contributed by atoms with Crippen molar-refractivity contribution in [3.63, 3.8) is 0 Å². The van der Waals surface area contributed by atoms with Crippen LogP contribution in [0.15, 0.2) is 0 Å². The first-order chi connectivity index (χ1) is 8.77. The molecule has 1 heterocycles. The number of amides is 1. The second kappa shape index (κ2) is 9.16. The second-order valence-corrected chi connectivity index (χ2v) is 4.73. The van der Waals surface area contributed by atoms with Gasteiger partial charge in [0, 0.05) is 32.8 Å². The minimum Gasteiger partial charge on any atom is -0.449 e. The normalized spacial score (nSPS) is 16.9. The molecule has 0 unspecified atom stereocenters. The summed E-state index contributed by atoms with van der Waals surface area (Å²) < 4.78 is 5.19. The van der Waals surface area contributed by atoms with E-state index in [0.717, 1.165) is 58.4 Å². The summed E-state index contributed by atoms with van der Waals surface area (Å²) in [4.78, 5) is 15.8. The molecule has 5 heteroatoms. The predicted molar refractivity (Wildman–Crippen MR) is 70.6 cm³/mol. The molecule has 0 atom stereocenters. The van der Waals surface area contributed by atoms with Crippen molar-refractivity contribution in [3.8, 4) is 0 Å². The molecule has 18 heavy (non-hydrogen) atoms. The van der Waals surface area contributed by atoms with Gasteiger partial charge in [-0.15, -0.1) is 0 Å². The van der Waals surface area contributed by atoms with E-state index in [1.165, 1.54) is 0 Å². The standard InChI is InChI=1S/C13H26N2O3/c1-2-3-12-18-13(17)15-9-7-14(8-10-15)6-4-5-11-16/h16H,2-12H2,1H3. The summed E-state index contributed by atoms with van der Waals surface area (Å²) in [6.07, 6.45) is 3.70. The van der Waals surface area contributed by atoms with Crippen LogP contribution < -0.4 is 0 Å². The van der Waals surface area contributed by atoms with Crippen LogP contribution in [0.2, 0.25) is 0 Å². The zero-order valence-corrected chi connectivity index (χ0v) is 11.4. The molecule has 106 valence electrons. The molecule has 1 aliphatic heterocycles. The van der Waals surface area contributed by atoms with Gasteiger partial charge in [-0.3, -0.25) is 4.90 Å². The Bertz CT molecular complexity index is 228. The molecular weight excluding hydrogens is 232 g/mol. The highest BCUT2D eigenvalue weighted by Crippen LogP contribution is 2.05. The summed E-state index contributed by atoms with van der Waals surface area (Å²) in [5, 5.41) is 8.73. The number of carbonyl (C=O) groups is 1. The van der Waals surface area contributed by atoms with E-state index in [1.54, 1.807) is 4.90 Å². The number of ether oxygens (including phenoxy) is 1. The van der Waals surface area contributed by atoms with Crippen molar-refractivity contribution in [2.75, 3.05) is 45.9 Å². The highest BCUT2D eigenvalue weighted by atomic mass is 16.6. The lowest BCUT2D eigenvalue weighted by molar-refractivity contribution is 0.0747. The Labute approximate surface area is 110 Å². The monoisotopic (exact) mass is 258 g/mol. The molecule has 0 aromatic carbocycles. The molecule has 0 aromatic rings. The van der Waals surface area contributed by atoms with Crippen LogP contribution in [0.4, 0.5) is 4.79 Å². The van der Waals surface area contributed by atoms with E-state index >= 15 is 0 Å². The molecule has 1 N–H and O–H groups in total. The molecule has 0 saturated carbocycles. The van der Waals surface area contributed by atoms with Crippen LogP contribution in [0.5, 0.6) is 0 Å². The van der Waals surface area contributed by atoms with E-state index in [4.69, 9.17) is 9.84 Å². The molecule has 5 nitrogen and oxygen atoms in total. The zero-order valence-electron chi connectivity index (χ0n) is 11.4. The third-order valence-corrected chi connectivity index (χ3v) is 3.24. The van der Waals surface area contributed by atoms with Crippen LogP contribution in [-0.2, 0) is 4.74 Å². The fraction of sp³-hybridized carbons (Fsp3) is 0.923. The number of aliphatic hydroxyl groups is 1. The number of nitrogens with zero attached hydrogens (tertiary/aromatic N) is 2. The maximum absolute atomic E-state index is 11.7. The van der Waals surface area contributed by atoms with Gasteiger partial charge in [0.05, 0.1) is 6.61 Å². The number of hydrogen-bond acceptors (Lipinski definition) is 4. The average molecular weight is 258 g/mol. The zero-order chi connectivity index (χ0) is 13.2. The highest BCUT2D eigenvalue weighted by Gasteiger charge is 2.21. The molecule has 1 amide bonds. The summed E-state index contributed by atoms with van der Waals surface area (Å²) in [7, 11) is 0. The lowest BCUT2D eigenvalue weighted by Crippen LogP contribution is -2.49. The summed E-state index contributed by atoms with van der Waals surface area (Å²) in [6.45, 7) is 7.23. The van der Waals surface area contributed by atoms with E-state index in [0.29, 0.717) is 6.61 Å². The predicted octanol–water partition coefficient (Wildman–Crippen LogP) is 1.31. The minimum atomic E-state index is -0.168. The van der Waals surface area contributed by atoms with Crippen LogP contribution >= 0.6 is 0 Å². The van der Waals surface area contributed by atoms with Crippen molar-refractivity contribution in [2.24, 2.45) is 0 Å². The van der Waals surface area contributed by atoms with Gasteiger partial charge in [-0.2, -0.15) is 0 Å². The first kappa shape index (κ1) is 15.2. The number of hydrogen-bond donors (Lipinski definition) is 1. The fourth-order valence-corrected chi connectivity index (χ4v) is 2.00. The van der Waals surface area contributed by atoms with Crippen molar-refractivity contribution < 1.29 is 14.6 Å². The fourth-order valence-electron chi connectivity index (χ4n) is 2.00. The Kier molecular flexibility index (Phi) is 7.76. The maximum atomic E-state index is 11.7. The third-order valence-electron chi connectivity index (χ3n) is 3.24. The van der Waals surface area contributed by atoms with E-state index in [2.05, 4.69) is 11.8 Å². The minimum absolute atomic E-state index is 0.168. The van der Waals surface area contributed by atoms with Gasteiger partial charge in [-0.05, 0) is 25.8 Å². The van der Waals surface area contributed by atoms with Crippen molar-refractivity contribution in [2.45, 2.75) is 32.6 Å². The summed E-state index contributed by atoms with van der Waals surface area (Å²) in [5.41, 5.74) is 0. The lowest BCUT2D eigenvalue weighted by Gasteiger charge is -2.34. The number of piperazine rings is 1. The summed E-state index contributed by atoms with van der Waals surface area (Å²) in [5.74, 6) is 0. The van der Waals surface area contributed by atoms with E-state index in [1.807, 2.05) is 0 Å². The Morgan fingerprint density at radius 3 is 2.50 bits per heavy atom. The van der Waals surface area contributed by atoms with Gasteiger partial charge in [0.2, 0.25) is 0 Å². The molecule has 1 aliphatic rings. The Hall–Kier alpha value is -0.810. The quantitative estimate of drug-likeness (QED) is 0.700. The number of carbonyl (C=O) groups excluding carboxylic acids is 1. The van der Waals surface area contributed by atoms with Crippen LogP contribution in [0.1, 0.15) is 32.6 Å². The van der Waals surface area contributed by atoms with E-state index in [-0.39, 0.29) is 12.7 Å². The van der Waals surface area contributed by atoms with Gasteiger partial charge >= 0.3 is 6.09 Å². The number of aliphatic hydroxyl groups excluding tert-OH is 1. The van der Waals surface area contributed by atoms with Crippen LogP contribution in [0.3, 0.4) is 0 Å². The third kappa shape index (κ3) is 5.69. The number of unbranched alkanes of at least 4 members (excludes halogenated alkanes) is 2. The van der Waals surface area contributed by atoms with Crippen LogP contribution in [0.25, 0.3) is 0 Å². The molecule has 0 bridgehead atoms. The molecular formula is C13H26N2O3. The van der Waals surface area contributed by atoms with Gasteiger partial charge in [0.15, 0.2) is 0 Å². The van der Waals surface area contributed by atoms with Gasteiger partial charge in [0.1, 0.15) is 0 Å². The highest BCUT2D eigenvalue weighted by molar-refractivity contribution is 5.67. The van der Waals surface area contributed by atoms with Gasteiger partial charge in [-0.1, -0.05) is 13.3 Å². The molecule has 1 fully saturated rings. The molecule has 0 aromatic heterocycles. The Balaban J connectivity index is 2.12. The van der Waals surface area contributed by atoms with Crippen molar-refractivity contribution in [1.82, 2.24) is 9.80 Å². The first-order valence-electron chi connectivity index (χ1n) is 7.03. The average Bonchev–Trinajstić information content (AvgIpc) is 2.40. The molecule has 0 spiro atoms. The van der Waals surface area contributed by atoms with Gasteiger partial charge in [-0.25, -0.2) is 4.79 Å². The molecule has 1 saturated heterocycles. The lowest BCUT2D eigenvalue weighted by atomic mass is 10.2. The van der Waals surface area contributed by atoms with Crippen LogP contribution in [-0.4, -0.2) is 66.9 Å². The van der Waals surface area contributed by atoms with Crippen molar-refractivity contribution >= 4 is 6.09 Å². The van der Waals surface area contributed by atoms with Gasteiger partial charge < -0.3 is 14.7 Å². The molecule has 0 radical (unpaired) electrons. The summed E-state index contributed by atoms with van der Waals surface area (Å²) >= 11 is 0. The SMILES string of the molecule is CCCCOC(=O)N1CCN(CCCCO)CC1. The number of rotatable bonds is 7. The largest absolute Gasteiger partial charge is 0.449 e. The molecule has 0 aliphatic carbocycles. The smallest absolute Gasteiger partial charge is 0.409 e. The first-order valence-corrected chi connectivity index (χ1v) is 7.03. The Morgan fingerprint density at radius 2 is 1.89 bits per heavy atom. The van der Waals surface area contributed by atoms with Crippen LogP contribution in [0, 0.1) is 0 Å². The topological polar surface area (TPSA) is 53.0 Å². The van der Waals surface area contributed by atoms with Crippen molar-refractivity contribution in [1.29, 1.82) is 0 Å². The Morgan fingerprint density at radius 1 is 1.17 bits per heavy atom. The van der Waals surface area contributed by atoms with Gasteiger partial charge in [0.25, 0.3) is 0 Å². The van der Waals surface area contributed by atoms with E-state index < -0.39 is 0 Å². The maximum Gasteiger partial charge on any atom is 0.409 e. The summed E-state index contributed by atoms with van der Waals surface area (Å²) in [6, 6.07) is 0. The van der Waals surface area contributed by atoms with Crippen molar-refractivity contribution in [3.05, 3.63) is 0 Å². The second-order valence-electron chi connectivity index (χ2n) is 4.73. The molecule has 1 rings (SSSR count).